The van der Waals surface area contributed by atoms with E-state index in [1.54, 1.807) is 12.1 Å². The van der Waals surface area contributed by atoms with Crippen LogP contribution in [0.15, 0.2) is 61.2 Å². The first-order valence-electron chi connectivity index (χ1n) is 12.4. The Hall–Kier alpha value is -3.08. The molecule has 2 aromatic rings. The Bertz CT molecular complexity index is 855. The van der Waals surface area contributed by atoms with Gasteiger partial charge in [-0.05, 0) is 67.5 Å². The highest BCUT2D eigenvalue weighted by Gasteiger charge is 2.06. The summed E-state index contributed by atoms with van der Waals surface area (Å²) in [7, 11) is 0. The molecule has 34 heavy (non-hydrogen) atoms. The van der Waals surface area contributed by atoms with E-state index in [-0.39, 0.29) is 11.9 Å². The first-order chi connectivity index (χ1) is 16.6. The van der Waals surface area contributed by atoms with E-state index in [4.69, 9.17) is 14.2 Å². The fraction of sp³-hybridized carbons (Fsp3) is 0.448. The molecule has 0 aliphatic rings. The summed E-state index contributed by atoms with van der Waals surface area (Å²) in [4.78, 5) is 23.1. The van der Waals surface area contributed by atoms with Gasteiger partial charge in [0.2, 0.25) is 0 Å². The number of ether oxygens (including phenoxy) is 3. The van der Waals surface area contributed by atoms with Crippen LogP contribution < -0.4 is 9.47 Å². The van der Waals surface area contributed by atoms with Crippen LogP contribution in [0.4, 0.5) is 0 Å². The minimum atomic E-state index is -0.348. The highest BCUT2D eigenvalue weighted by Crippen LogP contribution is 2.19. The molecule has 0 aliphatic heterocycles. The predicted molar refractivity (Wildman–Crippen MR) is 135 cm³/mol. The Morgan fingerprint density at radius 3 is 2.06 bits per heavy atom. The summed E-state index contributed by atoms with van der Waals surface area (Å²) >= 11 is 0. The fourth-order valence-corrected chi connectivity index (χ4v) is 3.43. The molecule has 0 atom stereocenters. The van der Waals surface area contributed by atoms with Gasteiger partial charge in [-0.1, -0.05) is 63.5 Å². The number of benzene rings is 2. The normalized spacial score (nSPS) is 10.5. The van der Waals surface area contributed by atoms with E-state index in [1.165, 1.54) is 11.6 Å². The van der Waals surface area contributed by atoms with E-state index in [1.807, 2.05) is 12.1 Å². The van der Waals surface area contributed by atoms with Gasteiger partial charge in [0.15, 0.2) is 0 Å². The Labute approximate surface area is 204 Å². The van der Waals surface area contributed by atoms with Crippen LogP contribution in [0, 0.1) is 0 Å². The summed E-state index contributed by atoms with van der Waals surface area (Å²) < 4.78 is 16.0. The van der Waals surface area contributed by atoms with Crippen molar-refractivity contribution in [1.82, 2.24) is 0 Å². The zero-order valence-electron chi connectivity index (χ0n) is 20.4. The number of hydrogen-bond donors (Lipinski definition) is 0. The van der Waals surface area contributed by atoms with Crippen molar-refractivity contribution >= 4 is 11.9 Å². The van der Waals surface area contributed by atoms with Gasteiger partial charge in [-0.25, -0.2) is 4.79 Å². The molecule has 0 bridgehead atoms. The van der Waals surface area contributed by atoms with Crippen LogP contribution in [-0.2, 0) is 27.2 Å². The molecule has 0 amide bonds. The molecule has 0 fully saturated rings. The van der Waals surface area contributed by atoms with E-state index in [0.717, 1.165) is 62.7 Å². The van der Waals surface area contributed by atoms with Crippen molar-refractivity contribution in [1.29, 1.82) is 0 Å². The smallest absolute Gasteiger partial charge is 0.330 e. The van der Waals surface area contributed by atoms with Crippen molar-refractivity contribution in [3.63, 3.8) is 0 Å². The van der Waals surface area contributed by atoms with E-state index >= 15 is 0 Å². The van der Waals surface area contributed by atoms with E-state index in [0.29, 0.717) is 31.8 Å². The molecule has 0 spiro atoms. The van der Waals surface area contributed by atoms with Crippen LogP contribution >= 0.6 is 0 Å². The first-order valence-corrected chi connectivity index (χ1v) is 12.4. The topological polar surface area (TPSA) is 61.8 Å². The molecule has 0 aromatic heterocycles. The Balaban J connectivity index is 1.58. The second-order valence-electron chi connectivity index (χ2n) is 8.35. The standard InChI is InChI=1S/C29H38O5/c1-3-5-22-32-26-17-19-27(20-18-26)34-29(31)21-16-25-14-12-24(13-15-25)11-9-7-6-8-10-23-33-28(30)4-2/h4,12-15,17-20H,2-3,5-11,16,21-23H2,1H3. The van der Waals surface area contributed by atoms with Gasteiger partial charge in [0.1, 0.15) is 11.5 Å². The highest BCUT2D eigenvalue weighted by molar-refractivity contribution is 5.81. The van der Waals surface area contributed by atoms with E-state index in [2.05, 4.69) is 37.8 Å². The fourth-order valence-electron chi connectivity index (χ4n) is 3.43. The summed E-state index contributed by atoms with van der Waals surface area (Å²) in [5, 5.41) is 0. The molecule has 5 nitrogen and oxygen atoms in total. The molecule has 0 saturated carbocycles. The lowest BCUT2D eigenvalue weighted by Gasteiger charge is -2.08. The SMILES string of the molecule is C=CC(=O)OCCCCCCCc1ccc(CCC(=O)Oc2ccc(OCCCC)cc2)cc1. The molecule has 0 aliphatic carbocycles. The molecule has 2 aromatic carbocycles. The van der Waals surface area contributed by atoms with Gasteiger partial charge in [-0.3, -0.25) is 4.79 Å². The van der Waals surface area contributed by atoms with Gasteiger partial charge < -0.3 is 14.2 Å². The summed E-state index contributed by atoms with van der Waals surface area (Å²) in [5.41, 5.74) is 2.45. The lowest BCUT2D eigenvalue weighted by Crippen LogP contribution is -2.09. The summed E-state index contributed by atoms with van der Waals surface area (Å²) in [5.74, 6) is 0.752. The number of carbonyl (C=O) groups is 2. The van der Waals surface area contributed by atoms with Gasteiger partial charge >= 0.3 is 11.9 Å². The van der Waals surface area contributed by atoms with Gasteiger partial charge in [0.05, 0.1) is 13.2 Å². The molecule has 0 unspecified atom stereocenters. The zero-order chi connectivity index (χ0) is 24.4. The van der Waals surface area contributed by atoms with Crippen LogP contribution in [0.3, 0.4) is 0 Å². The third-order valence-corrected chi connectivity index (χ3v) is 5.48. The Morgan fingerprint density at radius 1 is 0.765 bits per heavy atom. The Morgan fingerprint density at radius 2 is 1.38 bits per heavy atom. The van der Waals surface area contributed by atoms with E-state index < -0.39 is 0 Å². The van der Waals surface area contributed by atoms with Gasteiger partial charge in [0, 0.05) is 12.5 Å². The molecular weight excluding hydrogens is 428 g/mol. The molecule has 0 heterocycles. The van der Waals surface area contributed by atoms with Crippen LogP contribution in [0.1, 0.15) is 69.4 Å². The third kappa shape index (κ3) is 11.7. The van der Waals surface area contributed by atoms with Crippen molar-refractivity contribution in [2.24, 2.45) is 0 Å². The molecule has 184 valence electrons. The maximum absolute atomic E-state index is 12.2. The van der Waals surface area contributed by atoms with Crippen molar-refractivity contribution in [3.05, 3.63) is 72.3 Å². The second-order valence-corrected chi connectivity index (χ2v) is 8.35. The predicted octanol–water partition coefficient (Wildman–Crippen LogP) is 6.63. The van der Waals surface area contributed by atoms with Gasteiger partial charge in [-0.2, -0.15) is 0 Å². The minimum absolute atomic E-state index is 0.233. The maximum atomic E-state index is 12.2. The number of esters is 2. The van der Waals surface area contributed by atoms with E-state index in [9.17, 15) is 9.59 Å². The average molecular weight is 467 g/mol. The van der Waals surface area contributed by atoms with Crippen molar-refractivity contribution in [2.45, 2.75) is 71.1 Å². The third-order valence-electron chi connectivity index (χ3n) is 5.48. The number of carbonyl (C=O) groups excluding carboxylic acids is 2. The Kier molecular flexibility index (Phi) is 13.2. The van der Waals surface area contributed by atoms with Gasteiger partial charge in [0.25, 0.3) is 0 Å². The average Bonchev–Trinajstić information content (AvgIpc) is 2.86. The maximum Gasteiger partial charge on any atom is 0.330 e. The number of unbranched alkanes of at least 4 members (excludes halogenated alkanes) is 5. The number of aryl methyl sites for hydroxylation is 2. The molecule has 0 N–H and O–H groups in total. The lowest BCUT2D eigenvalue weighted by atomic mass is 10.0. The van der Waals surface area contributed by atoms with Crippen LogP contribution in [-0.4, -0.2) is 25.2 Å². The second kappa shape index (κ2) is 16.5. The van der Waals surface area contributed by atoms with Gasteiger partial charge in [-0.15, -0.1) is 0 Å². The summed E-state index contributed by atoms with van der Waals surface area (Å²) in [6, 6.07) is 15.7. The van der Waals surface area contributed by atoms with Crippen LogP contribution in [0.5, 0.6) is 11.5 Å². The molecule has 0 radical (unpaired) electrons. The lowest BCUT2D eigenvalue weighted by molar-refractivity contribution is -0.138. The largest absolute Gasteiger partial charge is 0.494 e. The minimum Gasteiger partial charge on any atom is -0.494 e. The zero-order valence-corrected chi connectivity index (χ0v) is 20.4. The summed E-state index contributed by atoms with van der Waals surface area (Å²) in [6.45, 7) is 6.68. The van der Waals surface area contributed by atoms with Crippen molar-refractivity contribution in [3.8, 4) is 11.5 Å². The summed E-state index contributed by atoms with van der Waals surface area (Å²) in [6.07, 6.45) is 10.8. The molecule has 0 saturated heterocycles. The quantitative estimate of drug-likeness (QED) is 0.113. The number of hydrogen-bond acceptors (Lipinski definition) is 5. The molecular formula is C29H38O5. The van der Waals surface area contributed by atoms with Crippen LogP contribution in [0.2, 0.25) is 0 Å². The highest BCUT2D eigenvalue weighted by atomic mass is 16.5. The van der Waals surface area contributed by atoms with Crippen LogP contribution in [0.25, 0.3) is 0 Å². The van der Waals surface area contributed by atoms with Crippen molar-refractivity contribution < 1.29 is 23.8 Å². The van der Waals surface area contributed by atoms with Crippen molar-refractivity contribution in [2.75, 3.05) is 13.2 Å². The molecule has 2 rings (SSSR count). The monoisotopic (exact) mass is 466 g/mol. The number of rotatable bonds is 17. The molecule has 5 heteroatoms. The first kappa shape index (κ1) is 27.2.